The first-order valence-corrected chi connectivity index (χ1v) is 6.67. The van der Waals surface area contributed by atoms with E-state index in [9.17, 15) is 0 Å². The number of ether oxygens (including phenoxy) is 1. The van der Waals surface area contributed by atoms with E-state index >= 15 is 0 Å². The van der Waals surface area contributed by atoms with Crippen LogP contribution >= 0.6 is 0 Å². The summed E-state index contributed by atoms with van der Waals surface area (Å²) in [4.78, 5) is 6.97. The third-order valence-corrected chi connectivity index (χ3v) is 3.99. The number of hydroxylamine groups is 1. The van der Waals surface area contributed by atoms with Crippen LogP contribution < -0.4 is 5.48 Å². The number of nitrogens with one attached hydrogen (secondary N) is 1. The highest BCUT2D eigenvalue weighted by atomic mass is 16.5. The standard InChI is InChI=1S/C14H19N3O2/c1-10(16-18)12-6-11-2-4-17(8-14(11)15-7-12)13-3-5-19-9-13/h6-7,13,16,18H,1-5,8-9H2/t13-/m1/s1. The van der Waals surface area contributed by atoms with Crippen molar-refractivity contribution in [2.24, 2.45) is 0 Å². The van der Waals surface area contributed by atoms with Crippen LogP contribution in [0.4, 0.5) is 0 Å². The van der Waals surface area contributed by atoms with Crippen LogP contribution in [0.1, 0.15) is 23.2 Å². The Morgan fingerprint density at radius 3 is 3.21 bits per heavy atom. The number of pyridine rings is 1. The zero-order valence-corrected chi connectivity index (χ0v) is 10.9. The molecule has 0 aromatic carbocycles. The molecule has 0 bridgehead atoms. The molecule has 1 aromatic heterocycles. The van der Waals surface area contributed by atoms with E-state index in [0.29, 0.717) is 11.7 Å². The largest absolute Gasteiger partial charge is 0.380 e. The van der Waals surface area contributed by atoms with Crippen molar-refractivity contribution < 1.29 is 9.94 Å². The lowest BCUT2D eigenvalue weighted by molar-refractivity contribution is 0.133. The molecular weight excluding hydrogens is 242 g/mol. The summed E-state index contributed by atoms with van der Waals surface area (Å²) in [5.41, 5.74) is 5.80. The highest BCUT2D eigenvalue weighted by Crippen LogP contribution is 2.24. The Morgan fingerprint density at radius 2 is 2.47 bits per heavy atom. The fourth-order valence-electron chi connectivity index (χ4n) is 2.78. The maximum absolute atomic E-state index is 8.88. The normalized spacial score (nSPS) is 23.1. The molecule has 1 aromatic rings. The first-order chi connectivity index (χ1) is 9.28. The summed E-state index contributed by atoms with van der Waals surface area (Å²) < 4.78 is 5.45. The number of aromatic nitrogens is 1. The van der Waals surface area contributed by atoms with Crippen LogP contribution in [-0.2, 0) is 17.7 Å². The molecule has 2 N–H and O–H groups in total. The predicted octanol–water partition coefficient (Wildman–Crippen LogP) is 1.18. The maximum atomic E-state index is 8.88. The summed E-state index contributed by atoms with van der Waals surface area (Å²) in [7, 11) is 0. The molecular formula is C14H19N3O2. The molecule has 0 aliphatic carbocycles. The molecule has 5 nitrogen and oxygen atoms in total. The second-order valence-electron chi connectivity index (χ2n) is 5.16. The summed E-state index contributed by atoms with van der Waals surface area (Å²) in [6.45, 7) is 7.40. The smallest absolute Gasteiger partial charge is 0.0622 e. The average molecular weight is 261 g/mol. The van der Waals surface area contributed by atoms with Crippen LogP contribution in [0.15, 0.2) is 18.8 Å². The molecule has 3 heterocycles. The second-order valence-corrected chi connectivity index (χ2v) is 5.16. The van der Waals surface area contributed by atoms with Crippen LogP contribution in [0.2, 0.25) is 0 Å². The van der Waals surface area contributed by atoms with Crippen molar-refractivity contribution in [2.45, 2.75) is 25.4 Å². The van der Waals surface area contributed by atoms with Crippen molar-refractivity contribution in [3.63, 3.8) is 0 Å². The van der Waals surface area contributed by atoms with Crippen molar-refractivity contribution in [2.75, 3.05) is 19.8 Å². The number of hydrogen-bond acceptors (Lipinski definition) is 5. The van der Waals surface area contributed by atoms with Gasteiger partial charge >= 0.3 is 0 Å². The Bertz CT molecular complexity index is 484. The molecule has 2 aliphatic heterocycles. The van der Waals surface area contributed by atoms with Crippen LogP contribution in [0, 0.1) is 0 Å². The van der Waals surface area contributed by atoms with Gasteiger partial charge in [0.1, 0.15) is 0 Å². The van der Waals surface area contributed by atoms with E-state index in [2.05, 4.69) is 28.0 Å². The fourth-order valence-corrected chi connectivity index (χ4v) is 2.78. The van der Waals surface area contributed by atoms with Gasteiger partial charge in [-0.3, -0.25) is 20.6 Å². The molecule has 0 amide bonds. The summed E-state index contributed by atoms with van der Waals surface area (Å²) >= 11 is 0. The molecule has 1 atom stereocenters. The molecule has 0 saturated carbocycles. The minimum atomic E-state index is 0.488. The van der Waals surface area contributed by atoms with Crippen molar-refractivity contribution in [1.82, 2.24) is 15.4 Å². The van der Waals surface area contributed by atoms with Crippen molar-refractivity contribution >= 4 is 5.70 Å². The SMILES string of the molecule is C=C(NO)c1cnc2c(c1)CCN([C@@H]1CCOC1)C2. The summed E-state index contributed by atoms with van der Waals surface area (Å²) in [6.07, 6.45) is 3.88. The summed E-state index contributed by atoms with van der Waals surface area (Å²) in [6, 6.07) is 2.61. The van der Waals surface area contributed by atoms with Gasteiger partial charge in [0.15, 0.2) is 0 Å². The summed E-state index contributed by atoms with van der Waals surface area (Å²) in [5, 5.41) is 8.88. The molecule has 0 spiro atoms. The molecule has 0 radical (unpaired) electrons. The Hall–Kier alpha value is -1.43. The van der Waals surface area contributed by atoms with E-state index in [1.807, 2.05) is 0 Å². The number of nitrogens with zero attached hydrogens (tertiary/aromatic N) is 2. The van der Waals surface area contributed by atoms with Gasteiger partial charge < -0.3 is 4.74 Å². The van der Waals surface area contributed by atoms with Crippen LogP contribution in [0.5, 0.6) is 0 Å². The Balaban J connectivity index is 1.76. The Kier molecular flexibility index (Phi) is 3.50. The van der Waals surface area contributed by atoms with E-state index in [1.54, 1.807) is 6.20 Å². The lowest BCUT2D eigenvalue weighted by atomic mass is 10.0. The van der Waals surface area contributed by atoms with Gasteiger partial charge in [-0.15, -0.1) is 0 Å². The predicted molar refractivity (Wildman–Crippen MR) is 71.5 cm³/mol. The topological polar surface area (TPSA) is 57.6 Å². The van der Waals surface area contributed by atoms with E-state index < -0.39 is 0 Å². The Labute approximate surface area is 112 Å². The van der Waals surface area contributed by atoms with Crippen molar-refractivity contribution in [3.8, 4) is 0 Å². The monoisotopic (exact) mass is 261 g/mol. The van der Waals surface area contributed by atoms with Crippen LogP contribution in [0.3, 0.4) is 0 Å². The quantitative estimate of drug-likeness (QED) is 0.800. The van der Waals surface area contributed by atoms with E-state index in [0.717, 1.165) is 50.4 Å². The van der Waals surface area contributed by atoms with Gasteiger partial charge in [0.25, 0.3) is 0 Å². The highest BCUT2D eigenvalue weighted by molar-refractivity contribution is 5.60. The average Bonchev–Trinajstić information content (AvgIpc) is 2.99. The van der Waals surface area contributed by atoms with Gasteiger partial charge in [0.05, 0.1) is 18.0 Å². The fraction of sp³-hybridized carbons (Fsp3) is 0.500. The maximum Gasteiger partial charge on any atom is 0.0622 e. The molecule has 1 fully saturated rings. The highest BCUT2D eigenvalue weighted by Gasteiger charge is 2.27. The van der Waals surface area contributed by atoms with Crippen molar-refractivity contribution in [3.05, 3.63) is 35.7 Å². The lowest BCUT2D eigenvalue weighted by Crippen LogP contribution is -2.40. The van der Waals surface area contributed by atoms with Crippen LogP contribution in [0.25, 0.3) is 5.70 Å². The molecule has 2 aliphatic rings. The first kappa shape index (κ1) is 12.6. The third kappa shape index (κ3) is 2.49. The van der Waals surface area contributed by atoms with Crippen LogP contribution in [-0.4, -0.2) is 40.9 Å². The van der Waals surface area contributed by atoms with Gasteiger partial charge in [-0.1, -0.05) is 6.58 Å². The van der Waals surface area contributed by atoms with Gasteiger partial charge in [-0.2, -0.15) is 0 Å². The summed E-state index contributed by atoms with van der Waals surface area (Å²) in [5.74, 6) is 0. The van der Waals surface area contributed by atoms with Crippen molar-refractivity contribution in [1.29, 1.82) is 0 Å². The molecule has 1 saturated heterocycles. The number of rotatable bonds is 3. The molecule has 102 valence electrons. The van der Waals surface area contributed by atoms with E-state index in [-0.39, 0.29) is 0 Å². The first-order valence-electron chi connectivity index (χ1n) is 6.67. The second kappa shape index (κ2) is 5.28. The minimum Gasteiger partial charge on any atom is -0.380 e. The molecule has 3 rings (SSSR count). The number of hydrogen-bond donors (Lipinski definition) is 2. The molecule has 5 heteroatoms. The van der Waals surface area contributed by atoms with Gasteiger partial charge in [0, 0.05) is 37.5 Å². The van der Waals surface area contributed by atoms with E-state index in [1.165, 1.54) is 5.56 Å². The lowest BCUT2D eigenvalue weighted by Gasteiger charge is -2.32. The number of fused-ring (bicyclic) bond motifs is 1. The molecule has 19 heavy (non-hydrogen) atoms. The van der Waals surface area contributed by atoms with Gasteiger partial charge in [0.2, 0.25) is 0 Å². The van der Waals surface area contributed by atoms with E-state index in [4.69, 9.17) is 9.94 Å². The minimum absolute atomic E-state index is 0.488. The third-order valence-electron chi connectivity index (χ3n) is 3.99. The van der Waals surface area contributed by atoms with Gasteiger partial charge in [-0.05, 0) is 24.5 Å². The zero-order chi connectivity index (χ0) is 13.2. The van der Waals surface area contributed by atoms with Gasteiger partial charge in [-0.25, -0.2) is 0 Å². The Morgan fingerprint density at radius 1 is 1.58 bits per heavy atom. The molecule has 0 unspecified atom stereocenters. The zero-order valence-electron chi connectivity index (χ0n) is 10.9.